The first-order valence-electron chi connectivity index (χ1n) is 7.70. The van der Waals surface area contributed by atoms with Crippen LogP contribution in [-0.2, 0) is 7.05 Å². The summed E-state index contributed by atoms with van der Waals surface area (Å²) in [6.07, 6.45) is 4.94. The molecule has 25 heavy (non-hydrogen) atoms. The molecule has 1 atom stereocenters. The molecule has 0 saturated carbocycles. The molecule has 0 aliphatic heterocycles. The zero-order valence-electron chi connectivity index (χ0n) is 13.9. The van der Waals surface area contributed by atoms with Crippen LogP contribution < -0.4 is 15.6 Å². The van der Waals surface area contributed by atoms with E-state index in [1.807, 2.05) is 35.9 Å². The maximum atomic E-state index is 12.6. The second-order valence-electron chi connectivity index (χ2n) is 5.49. The predicted octanol–water partition coefficient (Wildman–Crippen LogP) is 1.64. The summed E-state index contributed by atoms with van der Waals surface area (Å²) < 4.78 is 7.00. The SMILES string of the molecule is COc1ccc(C(NC(=O)c2ccc[nH]c2=O)c2nccn2C)cc1. The summed E-state index contributed by atoms with van der Waals surface area (Å²) in [6.45, 7) is 0. The van der Waals surface area contributed by atoms with Crippen molar-refractivity contribution < 1.29 is 9.53 Å². The van der Waals surface area contributed by atoms with Gasteiger partial charge in [-0.15, -0.1) is 0 Å². The van der Waals surface area contributed by atoms with E-state index in [1.165, 1.54) is 12.3 Å². The van der Waals surface area contributed by atoms with E-state index >= 15 is 0 Å². The second kappa shape index (κ2) is 7.04. The summed E-state index contributed by atoms with van der Waals surface area (Å²) >= 11 is 0. The number of hydrogen-bond donors (Lipinski definition) is 2. The fourth-order valence-electron chi connectivity index (χ4n) is 2.56. The van der Waals surface area contributed by atoms with Crippen molar-refractivity contribution in [1.82, 2.24) is 19.9 Å². The Balaban J connectivity index is 1.97. The Labute approximate surface area is 144 Å². The minimum Gasteiger partial charge on any atom is -0.497 e. The quantitative estimate of drug-likeness (QED) is 0.740. The number of hydrogen-bond acceptors (Lipinski definition) is 4. The number of nitrogens with zero attached hydrogens (tertiary/aromatic N) is 2. The number of ether oxygens (including phenoxy) is 1. The van der Waals surface area contributed by atoms with Crippen LogP contribution >= 0.6 is 0 Å². The Kier molecular flexibility index (Phi) is 4.65. The largest absolute Gasteiger partial charge is 0.497 e. The van der Waals surface area contributed by atoms with Crippen LogP contribution in [0.15, 0.2) is 59.8 Å². The molecule has 0 bridgehead atoms. The molecular weight excluding hydrogens is 320 g/mol. The highest BCUT2D eigenvalue weighted by Gasteiger charge is 2.22. The zero-order valence-corrected chi connectivity index (χ0v) is 13.9. The highest BCUT2D eigenvalue weighted by atomic mass is 16.5. The highest BCUT2D eigenvalue weighted by molar-refractivity contribution is 5.94. The Morgan fingerprint density at radius 3 is 2.64 bits per heavy atom. The standard InChI is InChI=1S/C18H18N4O3/c1-22-11-10-19-16(22)15(12-5-7-13(25-2)8-6-12)21-18(24)14-4-3-9-20-17(14)23/h3-11,15H,1-2H3,(H,20,23)(H,21,24). The van der Waals surface area contributed by atoms with Gasteiger partial charge >= 0.3 is 0 Å². The van der Waals surface area contributed by atoms with Gasteiger partial charge < -0.3 is 19.6 Å². The first kappa shape index (κ1) is 16.5. The molecule has 0 radical (unpaired) electrons. The zero-order chi connectivity index (χ0) is 17.8. The van der Waals surface area contributed by atoms with Gasteiger partial charge in [-0.2, -0.15) is 0 Å². The maximum Gasteiger partial charge on any atom is 0.260 e. The minimum atomic E-state index is -0.502. The van der Waals surface area contributed by atoms with Crippen LogP contribution in [-0.4, -0.2) is 27.6 Å². The van der Waals surface area contributed by atoms with Crippen LogP contribution in [0, 0.1) is 0 Å². The summed E-state index contributed by atoms with van der Waals surface area (Å²) in [4.78, 5) is 31.3. The van der Waals surface area contributed by atoms with Crippen molar-refractivity contribution in [1.29, 1.82) is 0 Å². The van der Waals surface area contributed by atoms with Crippen molar-refractivity contribution in [2.75, 3.05) is 7.11 Å². The highest BCUT2D eigenvalue weighted by Crippen LogP contribution is 2.23. The summed E-state index contributed by atoms with van der Waals surface area (Å²) in [5, 5.41) is 2.89. The number of methoxy groups -OCH3 is 1. The van der Waals surface area contributed by atoms with Crippen LogP contribution in [0.3, 0.4) is 0 Å². The molecule has 2 N–H and O–H groups in total. The first-order chi connectivity index (χ1) is 12.1. The number of nitrogens with one attached hydrogen (secondary N) is 2. The van der Waals surface area contributed by atoms with E-state index < -0.39 is 17.5 Å². The normalized spacial score (nSPS) is 11.8. The number of aromatic amines is 1. The number of aromatic nitrogens is 3. The fraction of sp³-hybridized carbons (Fsp3) is 0.167. The van der Waals surface area contributed by atoms with E-state index in [0.29, 0.717) is 11.6 Å². The van der Waals surface area contributed by atoms with E-state index in [9.17, 15) is 9.59 Å². The fourth-order valence-corrected chi connectivity index (χ4v) is 2.56. The van der Waals surface area contributed by atoms with Crippen LogP contribution in [0.4, 0.5) is 0 Å². The van der Waals surface area contributed by atoms with Gasteiger partial charge in [0.1, 0.15) is 23.2 Å². The van der Waals surface area contributed by atoms with Crippen LogP contribution in [0.1, 0.15) is 27.8 Å². The van der Waals surface area contributed by atoms with Gasteiger partial charge in [0.15, 0.2) is 0 Å². The molecule has 0 fully saturated rings. The molecule has 1 aromatic carbocycles. The molecular formula is C18H18N4O3. The van der Waals surface area contributed by atoms with Crippen molar-refractivity contribution in [3.63, 3.8) is 0 Å². The molecule has 0 saturated heterocycles. The molecule has 7 heteroatoms. The van der Waals surface area contributed by atoms with Crippen molar-refractivity contribution in [2.45, 2.75) is 6.04 Å². The number of aryl methyl sites for hydroxylation is 1. The number of carbonyl (C=O) groups excluding carboxylic acids is 1. The molecule has 3 aromatic rings. The van der Waals surface area contributed by atoms with Gasteiger partial charge in [-0.05, 0) is 29.8 Å². The van der Waals surface area contributed by atoms with Gasteiger partial charge in [-0.25, -0.2) is 4.98 Å². The number of amides is 1. The van der Waals surface area contributed by atoms with E-state index in [1.54, 1.807) is 25.6 Å². The molecule has 7 nitrogen and oxygen atoms in total. The lowest BCUT2D eigenvalue weighted by molar-refractivity contribution is 0.0939. The van der Waals surface area contributed by atoms with Crippen molar-refractivity contribution >= 4 is 5.91 Å². The minimum absolute atomic E-state index is 0.0511. The summed E-state index contributed by atoms with van der Waals surface area (Å²) in [5.41, 5.74) is 0.444. The average molecular weight is 338 g/mol. The van der Waals surface area contributed by atoms with Crippen LogP contribution in [0.2, 0.25) is 0 Å². The molecule has 1 amide bonds. The number of carbonyl (C=O) groups is 1. The van der Waals surface area contributed by atoms with E-state index in [2.05, 4.69) is 15.3 Å². The molecule has 2 aromatic heterocycles. The number of benzene rings is 1. The Morgan fingerprint density at radius 2 is 2.04 bits per heavy atom. The molecule has 2 heterocycles. The summed E-state index contributed by atoms with van der Waals surface area (Å²) in [6, 6.07) is 9.93. The topological polar surface area (TPSA) is 89.0 Å². The molecule has 0 spiro atoms. The maximum absolute atomic E-state index is 12.6. The smallest absolute Gasteiger partial charge is 0.260 e. The third kappa shape index (κ3) is 3.45. The number of rotatable bonds is 5. The number of H-pyrrole nitrogens is 1. The van der Waals surface area contributed by atoms with Gasteiger partial charge in [0, 0.05) is 25.6 Å². The third-order valence-corrected chi connectivity index (χ3v) is 3.90. The van der Waals surface area contributed by atoms with E-state index in [-0.39, 0.29) is 5.56 Å². The molecule has 0 aliphatic carbocycles. The van der Waals surface area contributed by atoms with Crippen LogP contribution in [0.25, 0.3) is 0 Å². The van der Waals surface area contributed by atoms with Gasteiger partial charge in [-0.1, -0.05) is 12.1 Å². The third-order valence-electron chi connectivity index (χ3n) is 3.90. The van der Waals surface area contributed by atoms with Gasteiger partial charge in [-0.3, -0.25) is 9.59 Å². The van der Waals surface area contributed by atoms with Gasteiger partial charge in [0.25, 0.3) is 11.5 Å². The molecule has 0 aliphatic rings. The van der Waals surface area contributed by atoms with E-state index in [0.717, 1.165) is 5.56 Å². The van der Waals surface area contributed by atoms with Gasteiger partial charge in [0.2, 0.25) is 0 Å². The Hall–Kier alpha value is -3.35. The monoisotopic (exact) mass is 338 g/mol. The Bertz CT molecular complexity index is 928. The summed E-state index contributed by atoms with van der Waals surface area (Å²) in [7, 11) is 3.44. The lowest BCUT2D eigenvalue weighted by Crippen LogP contribution is -2.34. The first-order valence-corrected chi connectivity index (χ1v) is 7.70. The number of imidazole rings is 1. The Morgan fingerprint density at radius 1 is 1.28 bits per heavy atom. The molecule has 128 valence electrons. The lowest BCUT2D eigenvalue weighted by Gasteiger charge is -2.19. The molecule has 1 unspecified atom stereocenters. The lowest BCUT2D eigenvalue weighted by atomic mass is 10.1. The van der Waals surface area contributed by atoms with Crippen LogP contribution in [0.5, 0.6) is 5.75 Å². The molecule has 3 rings (SSSR count). The number of pyridine rings is 1. The second-order valence-corrected chi connectivity index (χ2v) is 5.49. The van der Waals surface area contributed by atoms with E-state index in [4.69, 9.17) is 4.74 Å². The predicted molar refractivity (Wildman–Crippen MR) is 92.6 cm³/mol. The van der Waals surface area contributed by atoms with Crippen molar-refractivity contribution in [3.8, 4) is 5.75 Å². The van der Waals surface area contributed by atoms with Crippen molar-refractivity contribution in [2.24, 2.45) is 7.05 Å². The van der Waals surface area contributed by atoms with Crippen molar-refractivity contribution in [3.05, 3.63) is 82.3 Å². The van der Waals surface area contributed by atoms with Gasteiger partial charge in [0.05, 0.1) is 7.11 Å². The summed E-state index contributed by atoms with van der Waals surface area (Å²) in [5.74, 6) is 0.907. The average Bonchev–Trinajstić information content (AvgIpc) is 3.06.